The summed E-state index contributed by atoms with van der Waals surface area (Å²) >= 11 is 5.91. The van der Waals surface area contributed by atoms with Crippen molar-refractivity contribution in [1.29, 1.82) is 0 Å². The third-order valence-electron chi connectivity index (χ3n) is 3.37. The number of hydrogen-bond acceptors (Lipinski definition) is 3. The molecule has 0 fully saturated rings. The molecule has 0 aromatic heterocycles. The maximum atomic E-state index is 12.2. The van der Waals surface area contributed by atoms with Gasteiger partial charge in [0, 0.05) is 11.6 Å². The van der Waals surface area contributed by atoms with Crippen LogP contribution in [0.1, 0.15) is 62.7 Å². The van der Waals surface area contributed by atoms with E-state index in [2.05, 4.69) is 13.8 Å². The van der Waals surface area contributed by atoms with E-state index in [4.69, 9.17) is 21.1 Å². The summed E-state index contributed by atoms with van der Waals surface area (Å²) in [6, 6.07) is 6.84. The average Bonchev–Trinajstić information content (AvgIpc) is 2.51. The molecule has 3 nitrogen and oxygen atoms in total. The molecule has 4 heteroatoms. The summed E-state index contributed by atoms with van der Waals surface area (Å²) in [6.45, 7) is 5.40. The molecule has 0 spiro atoms. The van der Waals surface area contributed by atoms with Crippen LogP contribution in [0.4, 0.5) is 0 Å². The molecule has 0 aliphatic heterocycles. The molecule has 1 aromatic rings. The van der Waals surface area contributed by atoms with Gasteiger partial charge in [0.25, 0.3) is 0 Å². The minimum atomic E-state index is -0.330. The van der Waals surface area contributed by atoms with Gasteiger partial charge in [-0.2, -0.15) is 0 Å². The van der Waals surface area contributed by atoms with E-state index in [1.807, 2.05) is 0 Å². The fourth-order valence-corrected chi connectivity index (χ4v) is 2.36. The maximum absolute atomic E-state index is 12.2. The van der Waals surface area contributed by atoms with Crippen molar-refractivity contribution in [2.24, 2.45) is 0 Å². The molecule has 1 unspecified atom stereocenters. The van der Waals surface area contributed by atoms with Crippen LogP contribution in [0.3, 0.4) is 0 Å². The number of halogens is 1. The highest BCUT2D eigenvalue weighted by molar-refractivity contribution is 6.30. The van der Waals surface area contributed by atoms with E-state index >= 15 is 0 Å². The third-order valence-corrected chi connectivity index (χ3v) is 3.60. The summed E-state index contributed by atoms with van der Waals surface area (Å²) in [4.78, 5) is 12.2. The maximum Gasteiger partial charge on any atom is 0.338 e. The van der Waals surface area contributed by atoms with Gasteiger partial charge in [-0.15, -0.1) is 0 Å². The van der Waals surface area contributed by atoms with Crippen LogP contribution in [0, 0.1) is 0 Å². The molecule has 0 aliphatic carbocycles. The minimum absolute atomic E-state index is 0.185. The fraction of sp³-hybridized carbons (Fsp3) is 0.611. The monoisotopic (exact) mass is 326 g/mol. The highest BCUT2D eigenvalue weighted by Gasteiger charge is 2.16. The summed E-state index contributed by atoms with van der Waals surface area (Å²) in [5, 5.41) is 0.538. The van der Waals surface area contributed by atoms with Gasteiger partial charge in [-0.05, 0) is 37.5 Å². The van der Waals surface area contributed by atoms with Crippen molar-refractivity contribution in [3.63, 3.8) is 0 Å². The van der Waals surface area contributed by atoms with Crippen molar-refractivity contribution >= 4 is 17.6 Å². The van der Waals surface area contributed by atoms with Crippen molar-refractivity contribution in [2.75, 3.05) is 13.2 Å². The Morgan fingerprint density at radius 1 is 1.18 bits per heavy atom. The normalized spacial score (nSPS) is 12.1. The zero-order valence-electron chi connectivity index (χ0n) is 13.6. The van der Waals surface area contributed by atoms with Gasteiger partial charge in [-0.25, -0.2) is 4.79 Å². The molecule has 0 amide bonds. The van der Waals surface area contributed by atoms with E-state index < -0.39 is 0 Å². The Morgan fingerprint density at radius 2 is 2.00 bits per heavy atom. The first-order valence-corrected chi connectivity index (χ1v) is 8.59. The number of hydrogen-bond donors (Lipinski definition) is 0. The molecule has 0 heterocycles. The molecular formula is C18H27ClO3. The van der Waals surface area contributed by atoms with Crippen molar-refractivity contribution in [3.8, 4) is 0 Å². The molecule has 0 saturated carbocycles. The lowest BCUT2D eigenvalue weighted by atomic mass is 10.1. The third kappa shape index (κ3) is 7.81. The molecule has 0 bridgehead atoms. The van der Waals surface area contributed by atoms with Crippen LogP contribution in [-0.4, -0.2) is 25.3 Å². The van der Waals surface area contributed by atoms with Crippen LogP contribution >= 0.6 is 11.6 Å². The molecule has 0 saturated heterocycles. The molecular weight excluding hydrogens is 300 g/mol. The number of rotatable bonds is 11. The number of benzene rings is 1. The van der Waals surface area contributed by atoms with E-state index in [0.29, 0.717) is 23.8 Å². The van der Waals surface area contributed by atoms with Gasteiger partial charge in [0.15, 0.2) is 0 Å². The van der Waals surface area contributed by atoms with Crippen LogP contribution in [0.15, 0.2) is 24.3 Å². The van der Waals surface area contributed by atoms with Crippen LogP contribution < -0.4 is 0 Å². The largest absolute Gasteiger partial charge is 0.456 e. The Balaban J connectivity index is 2.51. The number of ether oxygens (including phenoxy) is 2. The van der Waals surface area contributed by atoms with Gasteiger partial charge in [-0.1, -0.05) is 50.8 Å². The molecule has 22 heavy (non-hydrogen) atoms. The van der Waals surface area contributed by atoms with E-state index in [1.54, 1.807) is 24.3 Å². The lowest BCUT2D eigenvalue weighted by Gasteiger charge is -2.18. The Hall–Kier alpha value is -1.06. The van der Waals surface area contributed by atoms with Crippen LogP contribution in [0.5, 0.6) is 0 Å². The van der Waals surface area contributed by atoms with Crippen LogP contribution in [-0.2, 0) is 9.47 Å². The first-order chi connectivity index (χ1) is 10.7. The standard InChI is InChI=1S/C18H27ClO3/c1-3-5-6-7-11-17(14-21-12-4-2)22-18(20)15-9-8-10-16(19)13-15/h8-10,13,17H,3-7,11-12,14H2,1-2H3. The van der Waals surface area contributed by atoms with E-state index in [1.165, 1.54) is 12.8 Å². The van der Waals surface area contributed by atoms with Gasteiger partial charge in [0.2, 0.25) is 0 Å². The van der Waals surface area contributed by atoms with E-state index in [-0.39, 0.29) is 12.1 Å². The molecule has 0 aliphatic rings. The molecule has 1 rings (SSSR count). The summed E-state index contributed by atoms with van der Waals surface area (Å²) < 4.78 is 11.2. The second-order valence-corrected chi connectivity index (χ2v) is 5.90. The number of unbranched alkanes of at least 4 members (excludes halogenated alkanes) is 3. The van der Waals surface area contributed by atoms with Crippen molar-refractivity contribution in [1.82, 2.24) is 0 Å². The first kappa shape index (κ1) is 19.0. The zero-order valence-corrected chi connectivity index (χ0v) is 14.4. The van der Waals surface area contributed by atoms with Gasteiger partial charge >= 0.3 is 5.97 Å². The smallest absolute Gasteiger partial charge is 0.338 e. The SMILES string of the molecule is CCCCCCC(COCCC)OC(=O)c1cccc(Cl)c1. The molecule has 0 radical (unpaired) electrons. The van der Waals surface area contributed by atoms with Gasteiger partial charge < -0.3 is 9.47 Å². The second kappa shape index (κ2) is 11.5. The lowest BCUT2D eigenvalue weighted by molar-refractivity contribution is -0.00766. The summed E-state index contributed by atoms with van der Waals surface area (Å²) in [7, 11) is 0. The van der Waals surface area contributed by atoms with Crippen molar-refractivity contribution in [3.05, 3.63) is 34.9 Å². The predicted molar refractivity (Wildman–Crippen MR) is 90.5 cm³/mol. The molecule has 1 aromatic carbocycles. The van der Waals surface area contributed by atoms with Gasteiger partial charge in [-0.3, -0.25) is 0 Å². The number of carbonyl (C=O) groups excluding carboxylic acids is 1. The quantitative estimate of drug-likeness (QED) is 0.411. The van der Waals surface area contributed by atoms with Crippen molar-refractivity contribution in [2.45, 2.75) is 58.5 Å². The topological polar surface area (TPSA) is 35.5 Å². The van der Waals surface area contributed by atoms with Gasteiger partial charge in [0.1, 0.15) is 6.10 Å². The highest BCUT2D eigenvalue weighted by atomic mass is 35.5. The Bertz CT molecular complexity index is 434. The highest BCUT2D eigenvalue weighted by Crippen LogP contribution is 2.15. The molecule has 124 valence electrons. The fourth-order valence-electron chi connectivity index (χ4n) is 2.17. The zero-order chi connectivity index (χ0) is 16.2. The summed E-state index contributed by atoms with van der Waals surface area (Å²) in [6.07, 6.45) is 6.24. The average molecular weight is 327 g/mol. The van der Waals surface area contributed by atoms with E-state index in [9.17, 15) is 4.79 Å². The molecule has 1 atom stereocenters. The number of esters is 1. The Kier molecular flexibility index (Phi) is 9.93. The lowest BCUT2D eigenvalue weighted by Crippen LogP contribution is -2.24. The first-order valence-electron chi connectivity index (χ1n) is 8.21. The van der Waals surface area contributed by atoms with Crippen molar-refractivity contribution < 1.29 is 14.3 Å². The number of carbonyl (C=O) groups is 1. The Labute approximate surface area is 139 Å². The van der Waals surface area contributed by atoms with Crippen LogP contribution in [0.2, 0.25) is 5.02 Å². The van der Waals surface area contributed by atoms with Gasteiger partial charge in [0.05, 0.1) is 12.2 Å². The second-order valence-electron chi connectivity index (χ2n) is 5.46. The minimum Gasteiger partial charge on any atom is -0.456 e. The molecule has 0 N–H and O–H groups in total. The summed E-state index contributed by atoms with van der Waals surface area (Å²) in [5.74, 6) is -0.330. The van der Waals surface area contributed by atoms with E-state index in [0.717, 1.165) is 25.7 Å². The predicted octanol–water partition coefficient (Wildman–Crippen LogP) is 5.26. The van der Waals surface area contributed by atoms with Crippen LogP contribution in [0.25, 0.3) is 0 Å². The summed E-state index contributed by atoms with van der Waals surface area (Å²) in [5.41, 5.74) is 0.488. The Morgan fingerprint density at radius 3 is 2.68 bits per heavy atom.